The van der Waals surface area contributed by atoms with Gasteiger partial charge in [-0.2, -0.15) is 0 Å². The lowest BCUT2D eigenvalue weighted by atomic mass is 10.1. The molecule has 0 atom stereocenters. The number of carbonyl (C=O) groups excluding carboxylic acids is 1. The number of hydrogen-bond donors (Lipinski definition) is 2. The van der Waals surface area contributed by atoms with Crippen LogP contribution in [0.3, 0.4) is 0 Å². The molecule has 0 radical (unpaired) electrons. The molecule has 0 unspecified atom stereocenters. The molecule has 2 aromatic carbocycles. The topological polar surface area (TPSA) is 68.8 Å². The minimum Gasteiger partial charge on any atom is -0.496 e. The van der Waals surface area contributed by atoms with Gasteiger partial charge in [0.2, 0.25) is 0 Å². The number of rotatable bonds is 7. The maximum absolute atomic E-state index is 13.1. The highest BCUT2D eigenvalue weighted by atomic mass is 35.5. The minimum absolute atomic E-state index is 0.0575. The Labute approximate surface area is 156 Å². The van der Waals surface area contributed by atoms with E-state index >= 15 is 0 Å². The second-order valence-corrected chi connectivity index (χ2v) is 5.69. The van der Waals surface area contributed by atoms with Gasteiger partial charge in [0.25, 0.3) is 0 Å². The number of benzene rings is 2. The second-order valence-electron chi connectivity index (χ2n) is 5.28. The average Bonchev–Trinajstić information content (AvgIpc) is 2.64. The van der Waals surface area contributed by atoms with Gasteiger partial charge in [0.1, 0.15) is 11.6 Å². The third kappa shape index (κ3) is 4.92. The van der Waals surface area contributed by atoms with Crippen LogP contribution in [0.25, 0.3) is 0 Å². The van der Waals surface area contributed by atoms with Crippen LogP contribution in [0.4, 0.5) is 14.9 Å². The van der Waals surface area contributed by atoms with Gasteiger partial charge in [0.05, 0.1) is 26.4 Å². The molecule has 0 fully saturated rings. The zero-order chi connectivity index (χ0) is 19.1. The van der Waals surface area contributed by atoms with Crippen LogP contribution < -0.4 is 24.8 Å². The molecule has 0 aliphatic rings. The molecule has 2 rings (SSSR count). The molecule has 0 saturated carbocycles. The summed E-state index contributed by atoms with van der Waals surface area (Å²) in [5.41, 5.74) is 1.26. The third-order valence-corrected chi connectivity index (χ3v) is 3.93. The fourth-order valence-electron chi connectivity index (χ4n) is 2.35. The van der Waals surface area contributed by atoms with E-state index in [4.69, 9.17) is 25.8 Å². The summed E-state index contributed by atoms with van der Waals surface area (Å²) in [5, 5.41) is 5.25. The predicted octanol–water partition coefficient (Wildman–Crippen LogP) is 3.87. The second kappa shape index (κ2) is 9.15. The van der Waals surface area contributed by atoms with Crippen molar-refractivity contribution in [2.45, 2.75) is 6.42 Å². The van der Waals surface area contributed by atoms with E-state index in [-0.39, 0.29) is 5.02 Å². The van der Waals surface area contributed by atoms with Crippen LogP contribution in [-0.2, 0) is 6.42 Å². The molecular formula is C18H20ClFN2O4. The van der Waals surface area contributed by atoms with Gasteiger partial charge in [-0.1, -0.05) is 11.6 Å². The van der Waals surface area contributed by atoms with E-state index in [1.54, 1.807) is 33.5 Å². The summed E-state index contributed by atoms with van der Waals surface area (Å²) in [5.74, 6) is 1.23. The molecule has 0 saturated heterocycles. The molecule has 0 spiro atoms. The first kappa shape index (κ1) is 19.7. The Balaban J connectivity index is 1.96. The van der Waals surface area contributed by atoms with Crippen LogP contribution in [0, 0.1) is 5.82 Å². The lowest BCUT2D eigenvalue weighted by Gasteiger charge is -2.14. The Morgan fingerprint density at radius 2 is 1.69 bits per heavy atom. The largest absolute Gasteiger partial charge is 0.496 e. The first-order valence-electron chi connectivity index (χ1n) is 7.77. The molecule has 8 heteroatoms. The molecule has 0 aromatic heterocycles. The van der Waals surface area contributed by atoms with Crippen molar-refractivity contribution in [2.24, 2.45) is 0 Å². The van der Waals surface area contributed by atoms with Crippen molar-refractivity contribution in [1.82, 2.24) is 5.32 Å². The zero-order valence-electron chi connectivity index (χ0n) is 14.7. The van der Waals surface area contributed by atoms with Crippen LogP contribution in [0.15, 0.2) is 30.3 Å². The SMILES string of the molecule is COc1cc(OC)c(OC)cc1CCNC(=O)Nc1ccc(F)c(Cl)c1. The molecule has 0 bridgehead atoms. The molecule has 2 amide bonds. The molecule has 2 N–H and O–H groups in total. The summed E-state index contributed by atoms with van der Waals surface area (Å²) in [6.45, 7) is 0.354. The van der Waals surface area contributed by atoms with Crippen LogP contribution in [0.1, 0.15) is 5.56 Å². The average molecular weight is 383 g/mol. The summed E-state index contributed by atoms with van der Waals surface area (Å²) in [6.07, 6.45) is 0.515. The van der Waals surface area contributed by atoms with E-state index in [1.807, 2.05) is 0 Å². The van der Waals surface area contributed by atoms with Crippen molar-refractivity contribution in [2.75, 3.05) is 33.2 Å². The molecule has 140 valence electrons. The highest BCUT2D eigenvalue weighted by molar-refractivity contribution is 6.31. The monoisotopic (exact) mass is 382 g/mol. The van der Waals surface area contributed by atoms with Gasteiger partial charge in [-0.3, -0.25) is 0 Å². The Bertz CT molecular complexity index is 786. The first-order valence-corrected chi connectivity index (χ1v) is 8.15. The van der Waals surface area contributed by atoms with E-state index in [1.165, 1.54) is 18.2 Å². The fraction of sp³-hybridized carbons (Fsp3) is 0.278. The Kier molecular flexibility index (Phi) is 6.91. The number of amides is 2. The van der Waals surface area contributed by atoms with E-state index in [2.05, 4.69) is 10.6 Å². The maximum atomic E-state index is 13.1. The highest BCUT2D eigenvalue weighted by Crippen LogP contribution is 2.34. The van der Waals surface area contributed by atoms with Gasteiger partial charge in [-0.15, -0.1) is 0 Å². The lowest BCUT2D eigenvalue weighted by molar-refractivity contribution is 0.252. The Morgan fingerprint density at radius 1 is 1.04 bits per heavy atom. The summed E-state index contributed by atoms with van der Waals surface area (Å²) in [4.78, 5) is 11.9. The van der Waals surface area contributed by atoms with Crippen LogP contribution >= 0.6 is 11.6 Å². The predicted molar refractivity (Wildman–Crippen MR) is 98.2 cm³/mol. The van der Waals surface area contributed by atoms with Gasteiger partial charge >= 0.3 is 6.03 Å². The smallest absolute Gasteiger partial charge is 0.319 e. The van der Waals surface area contributed by atoms with Crippen molar-refractivity contribution in [1.29, 1.82) is 0 Å². The van der Waals surface area contributed by atoms with Crippen molar-refractivity contribution < 1.29 is 23.4 Å². The van der Waals surface area contributed by atoms with Gasteiger partial charge in [-0.05, 0) is 36.2 Å². The maximum Gasteiger partial charge on any atom is 0.319 e. The van der Waals surface area contributed by atoms with Gasteiger partial charge in [0.15, 0.2) is 11.5 Å². The Hall–Kier alpha value is -2.67. The molecular weight excluding hydrogens is 363 g/mol. The molecule has 2 aromatic rings. The zero-order valence-corrected chi connectivity index (χ0v) is 15.4. The van der Waals surface area contributed by atoms with E-state index < -0.39 is 11.8 Å². The number of ether oxygens (including phenoxy) is 3. The van der Waals surface area contributed by atoms with Crippen molar-refractivity contribution >= 4 is 23.3 Å². The summed E-state index contributed by atoms with van der Waals surface area (Å²) < 4.78 is 29.0. The number of hydrogen-bond acceptors (Lipinski definition) is 4. The number of anilines is 1. The van der Waals surface area contributed by atoms with Crippen LogP contribution in [-0.4, -0.2) is 33.9 Å². The standard InChI is InChI=1S/C18H20ClFN2O4/c1-24-15-10-17(26-3)16(25-2)8-11(15)6-7-21-18(23)22-12-4-5-14(20)13(19)9-12/h4-5,8-10H,6-7H2,1-3H3,(H2,21,22,23). The van der Waals surface area contributed by atoms with E-state index in [9.17, 15) is 9.18 Å². The number of carbonyl (C=O) groups is 1. The molecule has 0 heterocycles. The van der Waals surface area contributed by atoms with Gasteiger partial charge in [-0.25, -0.2) is 9.18 Å². The lowest BCUT2D eigenvalue weighted by Crippen LogP contribution is -2.30. The van der Waals surface area contributed by atoms with Crippen molar-refractivity contribution in [3.63, 3.8) is 0 Å². The van der Waals surface area contributed by atoms with Gasteiger partial charge in [0, 0.05) is 18.3 Å². The Morgan fingerprint density at radius 3 is 2.31 bits per heavy atom. The number of nitrogens with one attached hydrogen (secondary N) is 2. The van der Waals surface area contributed by atoms with E-state index in [0.717, 1.165) is 5.56 Å². The summed E-state index contributed by atoms with van der Waals surface area (Å²) in [6, 6.07) is 7.07. The molecule has 0 aliphatic heterocycles. The number of methoxy groups -OCH3 is 3. The van der Waals surface area contributed by atoms with Crippen LogP contribution in [0.5, 0.6) is 17.2 Å². The summed E-state index contributed by atoms with van der Waals surface area (Å²) in [7, 11) is 4.65. The first-order chi connectivity index (χ1) is 12.5. The van der Waals surface area contributed by atoms with Crippen LogP contribution in [0.2, 0.25) is 5.02 Å². The van der Waals surface area contributed by atoms with Gasteiger partial charge < -0.3 is 24.8 Å². The van der Waals surface area contributed by atoms with Crippen molar-refractivity contribution in [3.05, 3.63) is 46.7 Å². The number of halogens is 2. The minimum atomic E-state index is -0.543. The molecule has 26 heavy (non-hydrogen) atoms. The van der Waals surface area contributed by atoms with E-state index in [0.29, 0.717) is 35.9 Å². The normalized spacial score (nSPS) is 10.2. The summed E-state index contributed by atoms with van der Waals surface area (Å²) >= 11 is 5.69. The fourth-order valence-corrected chi connectivity index (χ4v) is 2.53. The molecule has 0 aliphatic carbocycles. The third-order valence-electron chi connectivity index (χ3n) is 3.64. The molecule has 6 nitrogen and oxygen atoms in total. The van der Waals surface area contributed by atoms with Crippen molar-refractivity contribution in [3.8, 4) is 17.2 Å². The highest BCUT2D eigenvalue weighted by Gasteiger charge is 2.12. The quantitative estimate of drug-likeness (QED) is 0.762. The number of urea groups is 1.